The molecule has 29 heavy (non-hydrogen) atoms. The van der Waals surface area contributed by atoms with E-state index < -0.39 is 15.8 Å². The summed E-state index contributed by atoms with van der Waals surface area (Å²) in [4.78, 5) is 8.97. The zero-order valence-corrected chi connectivity index (χ0v) is 16.5. The maximum absolute atomic E-state index is 13.1. The van der Waals surface area contributed by atoms with Gasteiger partial charge < -0.3 is 4.57 Å². The number of aromatic nitrogens is 3. The van der Waals surface area contributed by atoms with Gasteiger partial charge in [0.15, 0.2) is 5.65 Å². The molecular weight excluding hydrogens is 391 g/mol. The lowest BCUT2D eigenvalue weighted by atomic mass is 10.1. The standard InChI is InChI=1S/C21H19FN4O2S/c1-15-4-2-5-16(12-15)14-26-20(25-19-6-3-11-23-21(19)26)13-24-29(27,28)18-9-7-17(22)8-10-18/h2-12,24H,13-14H2,1H3. The van der Waals surface area contributed by atoms with E-state index in [2.05, 4.69) is 20.8 Å². The van der Waals surface area contributed by atoms with Crippen molar-refractivity contribution in [2.24, 2.45) is 0 Å². The maximum Gasteiger partial charge on any atom is 0.240 e. The fourth-order valence-electron chi connectivity index (χ4n) is 3.16. The quantitative estimate of drug-likeness (QED) is 0.529. The maximum atomic E-state index is 13.1. The summed E-state index contributed by atoms with van der Waals surface area (Å²) in [5.74, 6) is 0.0564. The van der Waals surface area contributed by atoms with Gasteiger partial charge in [-0.05, 0) is 48.9 Å². The van der Waals surface area contributed by atoms with Crippen LogP contribution in [0.1, 0.15) is 17.0 Å². The Morgan fingerprint density at radius 3 is 2.62 bits per heavy atom. The summed E-state index contributed by atoms with van der Waals surface area (Å²) in [7, 11) is -3.80. The van der Waals surface area contributed by atoms with E-state index in [1.54, 1.807) is 12.3 Å². The molecule has 0 saturated carbocycles. The SMILES string of the molecule is Cc1cccc(Cn2c(CNS(=O)(=O)c3ccc(F)cc3)nc3cccnc32)c1. The largest absolute Gasteiger partial charge is 0.307 e. The molecular formula is C21H19FN4O2S. The average molecular weight is 410 g/mol. The Morgan fingerprint density at radius 1 is 1.07 bits per heavy atom. The van der Waals surface area contributed by atoms with E-state index >= 15 is 0 Å². The highest BCUT2D eigenvalue weighted by Gasteiger charge is 2.17. The molecule has 0 bridgehead atoms. The van der Waals surface area contributed by atoms with Crippen molar-refractivity contribution < 1.29 is 12.8 Å². The molecule has 4 aromatic rings. The Labute approximate surface area is 168 Å². The number of sulfonamides is 1. The number of rotatable bonds is 6. The van der Waals surface area contributed by atoms with Gasteiger partial charge >= 0.3 is 0 Å². The number of halogens is 1. The number of benzene rings is 2. The van der Waals surface area contributed by atoms with E-state index in [9.17, 15) is 12.8 Å². The molecule has 0 saturated heterocycles. The van der Waals surface area contributed by atoms with E-state index in [1.165, 1.54) is 12.1 Å². The number of nitrogens with zero attached hydrogens (tertiary/aromatic N) is 3. The molecule has 2 heterocycles. The Bertz CT molecular complexity index is 1270. The minimum atomic E-state index is -3.80. The number of hydrogen-bond donors (Lipinski definition) is 1. The van der Waals surface area contributed by atoms with Crippen LogP contribution in [0.5, 0.6) is 0 Å². The minimum absolute atomic E-state index is 0.00151. The third kappa shape index (κ3) is 4.18. The number of pyridine rings is 1. The molecule has 1 N–H and O–H groups in total. The van der Waals surface area contributed by atoms with Crippen molar-refractivity contribution in [2.75, 3.05) is 0 Å². The van der Waals surface area contributed by atoms with Gasteiger partial charge in [0.25, 0.3) is 0 Å². The lowest BCUT2D eigenvalue weighted by Crippen LogP contribution is -2.25. The minimum Gasteiger partial charge on any atom is -0.307 e. The Kier molecular flexibility index (Phi) is 5.12. The fraction of sp³-hybridized carbons (Fsp3) is 0.143. The van der Waals surface area contributed by atoms with Gasteiger partial charge in [-0.2, -0.15) is 0 Å². The monoisotopic (exact) mass is 410 g/mol. The summed E-state index contributed by atoms with van der Waals surface area (Å²) in [6.07, 6.45) is 1.68. The molecule has 0 radical (unpaired) electrons. The van der Waals surface area contributed by atoms with E-state index in [1.807, 2.05) is 35.8 Å². The summed E-state index contributed by atoms with van der Waals surface area (Å²) in [6.45, 7) is 2.52. The third-order valence-electron chi connectivity index (χ3n) is 4.55. The first kappa shape index (κ1) is 19.2. The number of hydrogen-bond acceptors (Lipinski definition) is 4. The molecule has 0 atom stereocenters. The van der Waals surface area contributed by atoms with Crippen LogP contribution >= 0.6 is 0 Å². The van der Waals surface area contributed by atoms with Crippen LogP contribution in [0.15, 0.2) is 71.8 Å². The highest BCUT2D eigenvalue weighted by molar-refractivity contribution is 7.89. The van der Waals surface area contributed by atoms with Crippen LogP contribution in [0.4, 0.5) is 4.39 Å². The zero-order valence-electron chi connectivity index (χ0n) is 15.7. The number of nitrogens with one attached hydrogen (secondary N) is 1. The van der Waals surface area contributed by atoms with Gasteiger partial charge in [-0.25, -0.2) is 27.5 Å². The van der Waals surface area contributed by atoms with Crippen molar-refractivity contribution in [1.82, 2.24) is 19.3 Å². The van der Waals surface area contributed by atoms with Crippen LogP contribution in [-0.2, 0) is 23.1 Å². The highest BCUT2D eigenvalue weighted by atomic mass is 32.2. The molecule has 0 spiro atoms. The van der Waals surface area contributed by atoms with Gasteiger partial charge in [0.05, 0.1) is 18.0 Å². The molecule has 148 valence electrons. The normalized spacial score (nSPS) is 11.8. The van der Waals surface area contributed by atoms with Crippen molar-refractivity contribution in [1.29, 1.82) is 0 Å². The van der Waals surface area contributed by atoms with Gasteiger partial charge in [-0.1, -0.05) is 29.8 Å². The van der Waals surface area contributed by atoms with Crippen LogP contribution < -0.4 is 4.72 Å². The zero-order chi connectivity index (χ0) is 20.4. The second kappa shape index (κ2) is 7.73. The molecule has 2 aromatic heterocycles. The van der Waals surface area contributed by atoms with Crippen LogP contribution in [0, 0.1) is 12.7 Å². The van der Waals surface area contributed by atoms with Crippen molar-refractivity contribution in [3.63, 3.8) is 0 Å². The van der Waals surface area contributed by atoms with Gasteiger partial charge in [0, 0.05) is 6.20 Å². The van der Waals surface area contributed by atoms with Gasteiger partial charge in [0.1, 0.15) is 17.2 Å². The molecule has 0 fully saturated rings. The Morgan fingerprint density at radius 2 is 1.86 bits per heavy atom. The van der Waals surface area contributed by atoms with Crippen LogP contribution in [0.2, 0.25) is 0 Å². The molecule has 2 aromatic carbocycles. The summed E-state index contributed by atoms with van der Waals surface area (Å²) in [6, 6.07) is 16.4. The van der Waals surface area contributed by atoms with Crippen LogP contribution in [-0.4, -0.2) is 23.0 Å². The molecule has 0 aliphatic rings. The lowest BCUT2D eigenvalue weighted by Gasteiger charge is -2.11. The van der Waals surface area contributed by atoms with Crippen molar-refractivity contribution in [3.8, 4) is 0 Å². The molecule has 0 unspecified atom stereocenters. The topological polar surface area (TPSA) is 76.9 Å². The van der Waals surface area contributed by atoms with E-state index in [4.69, 9.17) is 0 Å². The molecule has 6 nitrogen and oxygen atoms in total. The molecule has 0 amide bonds. The van der Waals surface area contributed by atoms with Gasteiger partial charge in [0.2, 0.25) is 10.0 Å². The summed E-state index contributed by atoms with van der Waals surface area (Å²) in [5.41, 5.74) is 3.58. The third-order valence-corrected chi connectivity index (χ3v) is 5.97. The van der Waals surface area contributed by atoms with E-state index in [0.717, 1.165) is 23.3 Å². The molecule has 8 heteroatoms. The number of fused-ring (bicyclic) bond motifs is 1. The van der Waals surface area contributed by atoms with Gasteiger partial charge in [-0.3, -0.25) is 0 Å². The Balaban J connectivity index is 1.65. The van der Waals surface area contributed by atoms with Gasteiger partial charge in [-0.15, -0.1) is 0 Å². The van der Waals surface area contributed by atoms with E-state index in [0.29, 0.717) is 23.5 Å². The summed E-state index contributed by atoms with van der Waals surface area (Å²) >= 11 is 0. The van der Waals surface area contributed by atoms with Crippen LogP contribution in [0.25, 0.3) is 11.2 Å². The van der Waals surface area contributed by atoms with Crippen molar-refractivity contribution in [3.05, 3.63) is 89.6 Å². The highest BCUT2D eigenvalue weighted by Crippen LogP contribution is 2.18. The molecule has 4 rings (SSSR count). The molecule has 0 aliphatic heterocycles. The smallest absolute Gasteiger partial charge is 0.240 e. The second-order valence-corrected chi connectivity index (χ2v) is 8.49. The summed E-state index contributed by atoms with van der Waals surface area (Å²) < 4.78 is 42.7. The fourth-order valence-corrected chi connectivity index (χ4v) is 4.14. The first-order valence-corrected chi connectivity index (χ1v) is 10.5. The van der Waals surface area contributed by atoms with Crippen LogP contribution in [0.3, 0.4) is 0 Å². The van der Waals surface area contributed by atoms with Crippen molar-refractivity contribution >= 4 is 21.2 Å². The predicted molar refractivity (Wildman–Crippen MR) is 108 cm³/mol. The predicted octanol–water partition coefficient (Wildman–Crippen LogP) is 3.41. The number of aryl methyl sites for hydroxylation is 1. The first-order valence-electron chi connectivity index (χ1n) is 9.03. The Hall–Kier alpha value is -3.10. The van der Waals surface area contributed by atoms with E-state index in [-0.39, 0.29) is 11.4 Å². The average Bonchev–Trinajstić information content (AvgIpc) is 3.04. The second-order valence-electron chi connectivity index (χ2n) is 6.73. The first-order chi connectivity index (χ1) is 13.9. The lowest BCUT2D eigenvalue weighted by molar-refractivity contribution is 0.576. The number of imidazole rings is 1. The molecule has 0 aliphatic carbocycles. The summed E-state index contributed by atoms with van der Waals surface area (Å²) in [5, 5.41) is 0. The van der Waals surface area contributed by atoms with Crippen molar-refractivity contribution in [2.45, 2.75) is 24.9 Å².